The van der Waals surface area contributed by atoms with Crippen molar-refractivity contribution in [2.45, 2.75) is 58.8 Å². The molecule has 0 aliphatic heterocycles. The van der Waals surface area contributed by atoms with E-state index in [1.807, 2.05) is 37.5 Å². The van der Waals surface area contributed by atoms with Crippen molar-refractivity contribution in [3.05, 3.63) is 67.5 Å². The van der Waals surface area contributed by atoms with Crippen molar-refractivity contribution >= 4 is 63.5 Å². The molecule has 0 bridgehead atoms. The van der Waals surface area contributed by atoms with Gasteiger partial charge in [-0.05, 0) is 91.1 Å². The number of thioether (sulfide) groups is 1. The lowest BCUT2D eigenvalue weighted by molar-refractivity contribution is -0.113. The predicted molar refractivity (Wildman–Crippen MR) is 155 cm³/mol. The molecule has 3 aromatic rings. The smallest absolute Gasteiger partial charge is 0.253 e. The van der Waals surface area contributed by atoms with E-state index in [9.17, 15) is 9.59 Å². The van der Waals surface area contributed by atoms with Crippen LogP contribution in [0.5, 0.6) is 0 Å². The Balaban J connectivity index is 1.75. The number of anilines is 1. The molecule has 0 radical (unpaired) electrons. The molecule has 1 heterocycles. The minimum absolute atomic E-state index is 0.106. The van der Waals surface area contributed by atoms with E-state index >= 15 is 0 Å². The number of amides is 2. The molecule has 0 saturated carbocycles. The quantitative estimate of drug-likeness (QED) is 0.197. The molecular formula is C26H31ClIN5O2S. The molecule has 0 saturated heterocycles. The number of aromatic nitrogens is 3. The number of rotatable bonds is 10. The average molecular weight is 640 g/mol. The fraction of sp³-hybridized carbons (Fsp3) is 0.385. The van der Waals surface area contributed by atoms with Crippen LogP contribution < -0.4 is 10.6 Å². The van der Waals surface area contributed by atoms with Gasteiger partial charge < -0.3 is 15.2 Å². The predicted octanol–water partition coefficient (Wildman–Crippen LogP) is 6.42. The van der Waals surface area contributed by atoms with Gasteiger partial charge in [0.05, 0.1) is 22.4 Å². The topological polar surface area (TPSA) is 88.9 Å². The lowest BCUT2D eigenvalue weighted by Crippen LogP contribution is -2.31. The maximum absolute atomic E-state index is 13.0. The summed E-state index contributed by atoms with van der Waals surface area (Å²) in [5, 5.41) is 15.9. The third kappa shape index (κ3) is 7.23. The monoisotopic (exact) mass is 639 g/mol. The van der Waals surface area contributed by atoms with Crippen LogP contribution in [-0.4, -0.2) is 32.3 Å². The van der Waals surface area contributed by atoms with Gasteiger partial charge in [0.2, 0.25) is 5.91 Å². The average Bonchev–Trinajstić information content (AvgIpc) is 3.22. The second-order valence-electron chi connectivity index (χ2n) is 8.97. The number of carbonyl (C=O) groups excluding carboxylic acids is 2. The number of nitrogens with one attached hydrogen (secondary N) is 2. The minimum Gasteiger partial charge on any atom is -0.342 e. The fourth-order valence-corrected chi connectivity index (χ4v) is 5.92. The zero-order valence-electron chi connectivity index (χ0n) is 21.1. The summed E-state index contributed by atoms with van der Waals surface area (Å²) in [6, 6.07) is 10.7. The maximum atomic E-state index is 13.0. The second kappa shape index (κ2) is 12.9. The third-order valence-corrected chi connectivity index (χ3v) is 7.52. The van der Waals surface area contributed by atoms with Crippen molar-refractivity contribution in [1.29, 1.82) is 0 Å². The summed E-state index contributed by atoms with van der Waals surface area (Å²) in [6.45, 7) is 10.8. The first-order chi connectivity index (χ1) is 17.1. The first-order valence-electron chi connectivity index (χ1n) is 11.8. The van der Waals surface area contributed by atoms with Gasteiger partial charge in [0, 0.05) is 15.8 Å². The van der Waals surface area contributed by atoms with Gasteiger partial charge in [0.25, 0.3) is 5.91 Å². The molecule has 2 aromatic carbocycles. The van der Waals surface area contributed by atoms with Crippen LogP contribution in [0.15, 0.2) is 41.6 Å². The van der Waals surface area contributed by atoms with Crippen molar-refractivity contribution in [3.8, 4) is 0 Å². The molecule has 0 aliphatic carbocycles. The Bertz CT molecular complexity index is 1220. The Labute approximate surface area is 235 Å². The van der Waals surface area contributed by atoms with Gasteiger partial charge in [0.1, 0.15) is 0 Å². The molecule has 2 amide bonds. The van der Waals surface area contributed by atoms with E-state index in [-0.39, 0.29) is 23.6 Å². The summed E-state index contributed by atoms with van der Waals surface area (Å²) in [5.74, 6) is 0.813. The van der Waals surface area contributed by atoms with E-state index in [0.29, 0.717) is 40.5 Å². The van der Waals surface area contributed by atoms with Crippen molar-refractivity contribution < 1.29 is 9.59 Å². The van der Waals surface area contributed by atoms with E-state index in [4.69, 9.17) is 11.6 Å². The van der Waals surface area contributed by atoms with Crippen LogP contribution in [0, 0.1) is 23.3 Å². The van der Waals surface area contributed by atoms with Crippen LogP contribution in [0.4, 0.5) is 5.69 Å². The summed E-state index contributed by atoms with van der Waals surface area (Å²) in [6.07, 6.45) is 0.685. The second-order valence-corrected chi connectivity index (χ2v) is 11.6. The highest BCUT2D eigenvalue weighted by atomic mass is 127. The van der Waals surface area contributed by atoms with E-state index in [1.165, 1.54) is 11.8 Å². The van der Waals surface area contributed by atoms with Crippen LogP contribution in [0.2, 0.25) is 5.02 Å². The molecule has 7 nitrogen and oxygen atoms in total. The van der Waals surface area contributed by atoms with Crippen LogP contribution >= 0.6 is 46.0 Å². The number of hydrogen-bond donors (Lipinski definition) is 2. The van der Waals surface area contributed by atoms with Gasteiger partial charge in [-0.25, -0.2) is 0 Å². The van der Waals surface area contributed by atoms with Gasteiger partial charge in [-0.15, -0.1) is 10.2 Å². The minimum atomic E-state index is -0.346. The number of benzene rings is 2. The summed E-state index contributed by atoms with van der Waals surface area (Å²) >= 11 is 9.84. The lowest BCUT2D eigenvalue weighted by Gasteiger charge is -2.21. The van der Waals surface area contributed by atoms with Gasteiger partial charge >= 0.3 is 0 Å². The number of halogens is 2. The summed E-state index contributed by atoms with van der Waals surface area (Å²) in [5.41, 5.74) is 3.32. The summed E-state index contributed by atoms with van der Waals surface area (Å²) in [4.78, 5) is 25.7. The molecular weight excluding hydrogens is 609 g/mol. The highest BCUT2D eigenvalue weighted by Crippen LogP contribution is 2.27. The van der Waals surface area contributed by atoms with Crippen molar-refractivity contribution in [2.24, 2.45) is 5.92 Å². The number of hydrogen-bond acceptors (Lipinski definition) is 5. The Kier molecular flexibility index (Phi) is 10.2. The Morgan fingerprint density at radius 2 is 1.81 bits per heavy atom. The molecule has 0 fully saturated rings. The Morgan fingerprint density at radius 3 is 2.42 bits per heavy atom. The van der Waals surface area contributed by atoms with E-state index in [0.717, 1.165) is 20.4 Å². The van der Waals surface area contributed by atoms with E-state index < -0.39 is 0 Å². The van der Waals surface area contributed by atoms with Crippen molar-refractivity contribution in [3.63, 3.8) is 0 Å². The van der Waals surface area contributed by atoms with Gasteiger partial charge in [-0.3, -0.25) is 9.59 Å². The van der Waals surface area contributed by atoms with Gasteiger partial charge in [-0.2, -0.15) is 0 Å². The number of carbonyl (C=O) groups is 2. The number of aryl methyl sites for hydroxylation is 2. The third-order valence-electron chi connectivity index (χ3n) is 5.60. The molecule has 10 heteroatoms. The van der Waals surface area contributed by atoms with Gasteiger partial charge in [-0.1, -0.05) is 49.3 Å². The number of nitrogens with zero attached hydrogens (tertiary/aromatic N) is 3. The zero-order valence-corrected chi connectivity index (χ0v) is 24.8. The molecule has 36 heavy (non-hydrogen) atoms. The Morgan fingerprint density at radius 1 is 1.14 bits per heavy atom. The summed E-state index contributed by atoms with van der Waals surface area (Å²) < 4.78 is 3.09. The van der Waals surface area contributed by atoms with Crippen LogP contribution in [0.3, 0.4) is 0 Å². The molecule has 2 N–H and O–H groups in total. The van der Waals surface area contributed by atoms with E-state index in [2.05, 4.69) is 57.3 Å². The van der Waals surface area contributed by atoms with Crippen molar-refractivity contribution in [1.82, 2.24) is 20.1 Å². The largest absolute Gasteiger partial charge is 0.342 e. The molecule has 1 atom stereocenters. The molecule has 0 unspecified atom stereocenters. The zero-order chi connectivity index (χ0) is 26.4. The lowest BCUT2D eigenvalue weighted by atomic mass is 10.0. The highest BCUT2D eigenvalue weighted by Gasteiger charge is 2.25. The molecule has 0 spiro atoms. The highest BCUT2D eigenvalue weighted by molar-refractivity contribution is 14.1. The van der Waals surface area contributed by atoms with Crippen LogP contribution in [0.25, 0.3) is 0 Å². The molecule has 0 aliphatic rings. The Hall–Kier alpha value is -2.11. The fourth-order valence-electron chi connectivity index (χ4n) is 3.96. The first-order valence-corrected chi connectivity index (χ1v) is 14.2. The summed E-state index contributed by atoms with van der Waals surface area (Å²) in [7, 11) is 0. The SMILES string of the molecule is CCn1c(SCC(=O)Nc2c(C)cc(I)cc2C)nnc1[C@H](CC(C)C)NC(=O)c1ccccc1Cl. The van der Waals surface area contributed by atoms with Crippen molar-refractivity contribution in [2.75, 3.05) is 11.1 Å². The van der Waals surface area contributed by atoms with Crippen LogP contribution in [-0.2, 0) is 11.3 Å². The normalized spacial score (nSPS) is 12.0. The van der Waals surface area contributed by atoms with E-state index in [1.54, 1.807) is 24.3 Å². The van der Waals surface area contributed by atoms with Crippen LogP contribution in [0.1, 0.15) is 60.5 Å². The molecule has 192 valence electrons. The van der Waals surface area contributed by atoms with Gasteiger partial charge in [0.15, 0.2) is 11.0 Å². The molecule has 1 aromatic heterocycles. The first kappa shape index (κ1) is 28.5. The standard InChI is InChI=1S/C26H31ClIN5O2S/c1-6-33-24(21(11-15(2)3)29-25(35)19-9-7-8-10-20(19)27)31-32-26(33)36-14-22(34)30-23-16(4)12-18(28)13-17(23)5/h7-10,12-13,15,21H,6,11,14H2,1-5H3,(H,29,35)(H,30,34)/t21-/m0/s1. The molecule has 3 rings (SSSR count). The maximum Gasteiger partial charge on any atom is 0.253 e.